The number of amidine groups is 1. The van der Waals surface area contributed by atoms with Crippen molar-refractivity contribution < 1.29 is 9.90 Å². The van der Waals surface area contributed by atoms with Crippen LogP contribution in [0.1, 0.15) is 5.56 Å². The average molecular weight is 217 g/mol. The number of hydrogen-bond donors (Lipinski definition) is 2. The molecule has 1 amide bonds. The number of para-hydroxylation sites is 1. The molecule has 16 heavy (non-hydrogen) atoms. The molecule has 5 heteroatoms. The van der Waals surface area contributed by atoms with Crippen molar-refractivity contribution >= 4 is 23.7 Å². The molecule has 0 aliphatic carbocycles. The van der Waals surface area contributed by atoms with E-state index in [0.29, 0.717) is 5.84 Å². The van der Waals surface area contributed by atoms with Crippen LogP contribution in [0.25, 0.3) is 6.08 Å². The molecule has 0 fully saturated rings. The van der Waals surface area contributed by atoms with Gasteiger partial charge in [0.05, 0.1) is 5.69 Å². The van der Waals surface area contributed by atoms with Crippen molar-refractivity contribution in [2.45, 2.75) is 0 Å². The second kappa shape index (κ2) is 4.06. The van der Waals surface area contributed by atoms with Crippen LogP contribution in [0, 0.1) is 0 Å². The van der Waals surface area contributed by atoms with Gasteiger partial charge in [-0.3, -0.25) is 10.4 Å². The van der Waals surface area contributed by atoms with Gasteiger partial charge in [0.1, 0.15) is 0 Å². The van der Waals surface area contributed by atoms with Gasteiger partial charge in [-0.2, -0.15) is 5.01 Å². The lowest BCUT2D eigenvalue weighted by Gasteiger charge is -2.19. The third kappa shape index (κ3) is 1.75. The van der Waals surface area contributed by atoms with Crippen LogP contribution >= 0.6 is 0 Å². The normalized spacial score (nSPS) is 16.6. The minimum atomic E-state index is -1.10. The summed E-state index contributed by atoms with van der Waals surface area (Å²) in [5, 5.41) is 10.0. The first kappa shape index (κ1) is 10.2. The Labute approximate surface area is 92.7 Å². The summed E-state index contributed by atoms with van der Waals surface area (Å²) in [5.41, 5.74) is 4.46. The highest BCUT2D eigenvalue weighted by molar-refractivity contribution is 6.06. The maximum Gasteiger partial charge on any atom is 0.432 e. The Balaban J connectivity index is 2.46. The zero-order valence-corrected chi connectivity index (χ0v) is 8.71. The molecule has 1 heterocycles. The third-order valence-corrected chi connectivity index (χ3v) is 2.25. The number of nitrogens with one attached hydrogen (secondary N) is 1. The third-order valence-electron chi connectivity index (χ3n) is 2.25. The number of amides is 1. The summed E-state index contributed by atoms with van der Waals surface area (Å²) in [6, 6.07) is 7.45. The average Bonchev–Trinajstić information content (AvgIpc) is 2.47. The number of rotatable bonds is 0. The molecule has 82 valence electrons. The number of hydrogen-bond acceptors (Lipinski definition) is 3. The number of nitrogens with zero attached hydrogens (tertiary/aromatic N) is 2. The van der Waals surface area contributed by atoms with E-state index in [1.54, 1.807) is 13.1 Å². The molecule has 1 aromatic carbocycles. The maximum absolute atomic E-state index is 11.0. The Morgan fingerprint density at radius 1 is 1.38 bits per heavy atom. The van der Waals surface area contributed by atoms with E-state index in [0.717, 1.165) is 16.3 Å². The molecule has 0 saturated heterocycles. The lowest BCUT2D eigenvalue weighted by Crippen LogP contribution is -2.39. The summed E-state index contributed by atoms with van der Waals surface area (Å²) in [6.45, 7) is 0. The van der Waals surface area contributed by atoms with E-state index < -0.39 is 6.09 Å². The highest BCUT2D eigenvalue weighted by atomic mass is 16.4. The topological polar surface area (TPSA) is 64.9 Å². The van der Waals surface area contributed by atoms with Crippen molar-refractivity contribution in [3.63, 3.8) is 0 Å². The molecule has 2 N–H and O–H groups in total. The number of carbonyl (C=O) groups is 1. The molecular formula is C11H11N3O2. The van der Waals surface area contributed by atoms with Crippen LogP contribution in [0.15, 0.2) is 35.3 Å². The maximum atomic E-state index is 11.0. The summed E-state index contributed by atoms with van der Waals surface area (Å²) in [7, 11) is 1.55. The van der Waals surface area contributed by atoms with E-state index >= 15 is 0 Å². The highest BCUT2D eigenvalue weighted by Gasteiger charge is 2.19. The van der Waals surface area contributed by atoms with Gasteiger partial charge in [0, 0.05) is 7.05 Å². The van der Waals surface area contributed by atoms with Gasteiger partial charge in [0.15, 0.2) is 5.84 Å². The summed E-state index contributed by atoms with van der Waals surface area (Å²) < 4.78 is 0. The van der Waals surface area contributed by atoms with Crippen molar-refractivity contribution in [2.75, 3.05) is 12.5 Å². The Morgan fingerprint density at radius 2 is 2.12 bits per heavy atom. The highest BCUT2D eigenvalue weighted by Crippen LogP contribution is 2.20. The molecular weight excluding hydrogens is 206 g/mol. The molecule has 0 atom stereocenters. The fraction of sp³-hybridized carbons (Fsp3) is 0.0909. The molecule has 1 aliphatic heterocycles. The molecule has 5 nitrogen and oxygen atoms in total. The molecule has 0 aromatic heterocycles. The summed E-state index contributed by atoms with van der Waals surface area (Å²) in [4.78, 5) is 14.9. The monoisotopic (exact) mass is 217 g/mol. The minimum Gasteiger partial charge on any atom is -0.463 e. The molecule has 2 rings (SSSR count). The zero-order valence-electron chi connectivity index (χ0n) is 8.71. The molecule has 0 saturated carbocycles. The lowest BCUT2D eigenvalue weighted by molar-refractivity contribution is 0.175. The van der Waals surface area contributed by atoms with Crippen molar-refractivity contribution in [1.29, 1.82) is 0 Å². The quantitative estimate of drug-likeness (QED) is 0.699. The Bertz CT molecular complexity index is 480. The summed E-state index contributed by atoms with van der Waals surface area (Å²) in [6.07, 6.45) is 2.39. The van der Waals surface area contributed by atoms with Crippen LogP contribution in [0.3, 0.4) is 0 Å². The van der Waals surface area contributed by atoms with Gasteiger partial charge < -0.3 is 5.11 Å². The van der Waals surface area contributed by atoms with E-state index in [1.165, 1.54) is 0 Å². The number of anilines is 1. The summed E-state index contributed by atoms with van der Waals surface area (Å²) in [5.74, 6) is 0.351. The van der Waals surface area contributed by atoms with E-state index in [1.807, 2.05) is 30.3 Å². The van der Waals surface area contributed by atoms with E-state index in [2.05, 4.69) is 10.4 Å². The van der Waals surface area contributed by atoms with Crippen molar-refractivity contribution in [1.82, 2.24) is 5.01 Å². The van der Waals surface area contributed by atoms with E-state index in [-0.39, 0.29) is 0 Å². The number of benzene rings is 1. The molecule has 1 aromatic rings. The predicted molar refractivity (Wildman–Crippen MR) is 62.3 cm³/mol. The van der Waals surface area contributed by atoms with E-state index in [4.69, 9.17) is 5.11 Å². The molecule has 0 bridgehead atoms. The van der Waals surface area contributed by atoms with Gasteiger partial charge in [0.2, 0.25) is 0 Å². The van der Waals surface area contributed by atoms with Crippen LogP contribution in [0.5, 0.6) is 0 Å². The molecule has 0 radical (unpaired) electrons. The van der Waals surface area contributed by atoms with Gasteiger partial charge in [0.25, 0.3) is 0 Å². The second-order valence-electron chi connectivity index (χ2n) is 3.23. The van der Waals surface area contributed by atoms with Crippen LogP contribution < -0.4 is 5.43 Å². The first-order valence-electron chi connectivity index (χ1n) is 4.76. The fourth-order valence-corrected chi connectivity index (χ4v) is 1.48. The van der Waals surface area contributed by atoms with Crippen LogP contribution in [-0.2, 0) is 0 Å². The predicted octanol–water partition coefficient (Wildman–Crippen LogP) is 2.05. The van der Waals surface area contributed by atoms with Gasteiger partial charge in [-0.15, -0.1) is 0 Å². The molecule has 1 aliphatic rings. The van der Waals surface area contributed by atoms with E-state index in [9.17, 15) is 4.79 Å². The SMILES string of the molecule is CN=C1C=Cc2ccccc2NN1C(=O)O. The second-order valence-corrected chi connectivity index (χ2v) is 3.23. The first-order chi connectivity index (χ1) is 7.72. The Morgan fingerprint density at radius 3 is 2.81 bits per heavy atom. The van der Waals surface area contributed by atoms with Crippen LogP contribution in [-0.4, -0.2) is 29.1 Å². The lowest BCUT2D eigenvalue weighted by atomic mass is 10.2. The van der Waals surface area contributed by atoms with Gasteiger partial charge in [-0.05, 0) is 23.8 Å². The largest absolute Gasteiger partial charge is 0.463 e. The molecule has 0 unspecified atom stereocenters. The van der Waals surface area contributed by atoms with Crippen LogP contribution in [0.2, 0.25) is 0 Å². The zero-order chi connectivity index (χ0) is 11.5. The van der Waals surface area contributed by atoms with Gasteiger partial charge in [-0.25, -0.2) is 4.79 Å². The Hall–Kier alpha value is -2.30. The van der Waals surface area contributed by atoms with Crippen molar-refractivity contribution in [3.8, 4) is 0 Å². The fourth-order valence-electron chi connectivity index (χ4n) is 1.48. The number of fused-ring (bicyclic) bond motifs is 1. The number of aliphatic imine (C=N–C) groups is 1. The standard InChI is InChI=1S/C11H11N3O2/c1-12-10-7-6-8-4-2-3-5-9(8)13-14(10)11(15)16/h2-7,13H,1H3,(H,15,16). The van der Waals surface area contributed by atoms with Gasteiger partial charge >= 0.3 is 6.09 Å². The van der Waals surface area contributed by atoms with Crippen LogP contribution in [0.4, 0.5) is 10.5 Å². The smallest absolute Gasteiger partial charge is 0.432 e. The summed E-state index contributed by atoms with van der Waals surface area (Å²) >= 11 is 0. The van der Waals surface area contributed by atoms with Crippen molar-refractivity contribution in [3.05, 3.63) is 35.9 Å². The minimum absolute atomic E-state index is 0.351. The first-order valence-corrected chi connectivity index (χ1v) is 4.76. The van der Waals surface area contributed by atoms with Gasteiger partial charge in [-0.1, -0.05) is 18.2 Å². The molecule has 0 spiro atoms. The Kier molecular flexibility index (Phi) is 2.59. The number of carboxylic acid groups (broad SMARTS) is 1. The number of hydrazine groups is 1. The van der Waals surface area contributed by atoms with Crippen molar-refractivity contribution in [2.24, 2.45) is 4.99 Å².